The number of hydrogen-bond acceptors (Lipinski definition) is 1. The van der Waals surface area contributed by atoms with Crippen molar-refractivity contribution >= 4 is 0 Å². The Balaban J connectivity index is 0. The topological polar surface area (TPSA) is 17.8 Å². The molecule has 0 aliphatic rings. The molecule has 0 saturated carbocycles. The second-order valence-corrected chi connectivity index (χ2v) is 5.40. The molecule has 0 bridgehead atoms. The van der Waals surface area contributed by atoms with E-state index in [9.17, 15) is 0 Å². The van der Waals surface area contributed by atoms with Gasteiger partial charge in [-0.2, -0.15) is 5.10 Å². The lowest BCUT2D eigenvalue weighted by Crippen LogP contribution is -1.95. The van der Waals surface area contributed by atoms with Crippen LogP contribution in [0.5, 0.6) is 0 Å². The van der Waals surface area contributed by atoms with Crippen molar-refractivity contribution in [2.24, 2.45) is 0 Å². The van der Waals surface area contributed by atoms with Crippen LogP contribution in [0.4, 0.5) is 0 Å². The van der Waals surface area contributed by atoms with Crippen LogP contribution < -0.4 is 0 Å². The maximum atomic E-state index is 4.12. The third kappa shape index (κ3) is 17.2. The van der Waals surface area contributed by atoms with E-state index in [2.05, 4.69) is 39.0 Å². The fourth-order valence-electron chi connectivity index (χ4n) is 2.03. The van der Waals surface area contributed by atoms with E-state index in [1.165, 1.54) is 56.9 Å². The zero-order chi connectivity index (χ0) is 16.3. The Kier molecular flexibility index (Phi) is 20.6. The third-order valence-corrected chi connectivity index (χ3v) is 3.17. The zero-order valence-electron chi connectivity index (χ0n) is 15.6. The Bertz CT molecular complexity index is 271. The first-order chi connectivity index (χ1) is 10.2. The van der Waals surface area contributed by atoms with Gasteiger partial charge in [0.25, 0.3) is 0 Å². The molecule has 1 heterocycles. The molecule has 0 saturated heterocycles. The summed E-state index contributed by atoms with van der Waals surface area (Å²) in [5.74, 6) is 0. The SMILES string of the molecule is CC.CCCCCCCCCC.CCCn1cc(C)cn1. The van der Waals surface area contributed by atoms with Gasteiger partial charge in [-0.15, -0.1) is 0 Å². The summed E-state index contributed by atoms with van der Waals surface area (Å²) in [5.41, 5.74) is 1.24. The normalized spacial score (nSPS) is 9.43. The van der Waals surface area contributed by atoms with Crippen LogP contribution in [0.3, 0.4) is 0 Å². The number of hydrogen-bond donors (Lipinski definition) is 0. The highest BCUT2D eigenvalue weighted by atomic mass is 15.3. The van der Waals surface area contributed by atoms with Crippen LogP contribution in [0.2, 0.25) is 0 Å². The number of unbranched alkanes of at least 4 members (excludes halogenated alkanes) is 7. The monoisotopic (exact) mass is 296 g/mol. The van der Waals surface area contributed by atoms with Crippen molar-refractivity contribution in [3.8, 4) is 0 Å². The number of nitrogens with zero attached hydrogens (tertiary/aromatic N) is 2. The van der Waals surface area contributed by atoms with Crippen LogP contribution >= 0.6 is 0 Å². The smallest absolute Gasteiger partial charge is 0.0518 e. The summed E-state index contributed by atoms with van der Waals surface area (Å²) in [4.78, 5) is 0. The third-order valence-electron chi connectivity index (χ3n) is 3.17. The Morgan fingerprint density at radius 3 is 1.62 bits per heavy atom. The molecule has 0 spiro atoms. The van der Waals surface area contributed by atoms with Gasteiger partial charge in [0.15, 0.2) is 0 Å². The predicted molar refractivity (Wildman–Crippen MR) is 96.9 cm³/mol. The van der Waals surface area contributed by atoms with Gasteiger partial charge in [0.2, 0.25) is 0 Å². The highest BCUT2D eigenvalue weighted by molar-refractivity contribution is 4.99. The second kappa shape index (κ2) is 19.2. The molecule has 0 radical (unpaired) electrons. The highest BCUT2D eigenvalue weighted by Gasteiger charge is 1.89. The summed E-state index contributed by atoms with van der Waals surface area (Å²) < 4.78 is 1.97. The quantitative estimate of drug-likeness (QED) is 0.459. The van der Waals surface area contributed by atoms with Gasteiger partial charge in [-0.25, -0.2) is 0 Å². The van der Waals surface area contributed by atoms with Crippen molar-refractivity contribution in [3.63, 3.8) is 0 Å². The molecular weight excluding hydrogens is 256 g/mol. The number of rotatable bonds is 9. The molecule has 0 unspecified atom stereocenters. The van der Waals surface area contributed by atoms with Crippen LogP contribution in [-0.4, -0.2) is 9.78 Å². The van der Waals surface area contributed by atoms with Gasteiger partial charge in [-0.05, 0) is 18.9 Å². The number of aryl methyl sites for hydroxylation is 2. The molecule has 0 aromatic carbocycles. The summed E-state index contributed by atoms with van der Waals surface area (Å²) in [6, 6.07) is 0. The van der Waals surface area contributed by atoms with E-state index in [1.807, 2.05) is 24.7 Å². The molecule has 0 aliphatic carbocycles. The molecule has 2 nitrogen and oxygen atoms in total. The summed E-state index contributed by atoms with van der Waals surface area (Å²) in [6.45, 7) is 13.8. The Labute approximate surface area is 134 Å². The average Bonchev–Trinajstić information content (AvgIpc) is 2.91. The van der Waals surface area contributed by atoms with Gasteiger partial charge in [-0.3, -0.25) is 4.68 Å². The van der Waals surface area contributed by atoms with Gasteiger partial charge in [0, 0.05) is 12.7 Å². The van der Waals surface area contributed by atoms with Crippen molar-refractivity contribution in [2.75, 3.05) is 0 Å². The lowest BCUT2D eigenvalue weighted by molar-refractivity contribution is 0.585. The van der Waals surface area contributed by atoms with Crippen molar-refractivity contribution in [3.05, 3.63) is 18.0 Å². The minimum absolute atomic E-state index is 1.04. The first-order valence-corrected chi connectivity index (χ1v) is 9.23. The van der Waals surface area contributed by atoms with E-state index in [4.69, 9.17) is 0 Å². The molecule has 2 heteroatoms. The van der Waals surface area contributed by atoms with Gasteiger partial charge in [0.05, 0.1) is 6.20 Å². The predicted octanol–water partition coefficient (Wildman–Crippen LogP) is 6.77. The molecule has 1 aromatic rings. The van der Waals surface area contributed by atoms with Gasteiger partial charge in [-0.1, -0.05) is 86.0 Å². The lowest BCUT2D eigenvalue weighted by atomic mass is 10.1. The molecule has 0 fully saturated rings. The van der Waals surface area contributed by atoms with E-state index in [0.29, 0.717) is 0 Å². The molecule has 0 aliphatic heterocycles. The van der Waals surface area contributed by atoms with E-state index >= 15 is 0 Å². The zero-order valence-corrected chi connectivity index (χ0v) is 15.6. The van der Waals surface area contributed by atoms with Crippen molar-refractivity contribution < 1.29 is 0 Å². The average molecular weight is 297 g/mol. The summed E-state index contributed by atoms with van der Waals surface area (Å²) >= 11 is 0. The minimum Gasteiger partial charge on any atom is -0.273 e. The van der Waals surface area contributed by atoms with E-state index in [1.54, 1.807) is 0 Å². The molecule has 126 valence electrons. The van der Waals surface area contributed by atoms with Crippen molar-refractivity contribution in [1.29, 1.82) is 0 Å². The summed E-state index contributed by atoms with van der Waals surface area (Å²) in [6.07, 6.45) is 16.6. The van der Waals surface area contributed by atoms with Crippen LogP contribution in [-0.2, 0) is 6.54 Å². The summed E-state index contributed by atoms with van der Waals surface area (Å²) in [7, 11) is 0. The Morgan fingerprint density at radius 2 is 1.29 bits per heavy atom. The van der Waals surface area contributed by atoms with E-state index in [-0.39, 0.29) is 0 Å². The lowest BCUT2D eigenvalue weighted by Gasteiger charge is -1.97. The molecule has 0 amide bonds. The van der Waals surface area contributed by atoms with E-state index < -0.39 is 0 Å². The standard InChI is InChI=1S/C10H22.C7H12N2.C2H6/c1-3-5-7-9-10-8-6-4-2;1-3-4-9-6-7(2)5-8-9;1-2/h3-10H2,1-2H3;5-6H,3-4H2,1-2H3;1-2H3. The Morgan fingerprint density at radius 1 is 0.810 bits per heavy atom. The number of aromatic nitrogens is 2. The van der Waals surface area contributed by atoms with Gasteiger partial charge >= 0.3 is 0 Å². The molecule has 1 aromatic heterocycles. The van der Waals surface area contributed by atoms with Crippen LogP contribution in [0.1, 0.15) is 98.0 Å². The molecule has 21 heavy (non-hydrogen) atoms. The molecular formula is C19H40N2. The van der Waals surface area contributed by atoms with Crippen LogP contribution in [0, 0.1) is 6.92 Å². The first-order valence-electron chi connectivity index (χ1n) is 9.23. The maximum absolute atomic E-state index is 4.12. The molecule has 0 atom stereocenters. The molecule has 0 N–H and O–H groups in total. The van der Waals surface area contributed by atoms with Gasteiger partial charge in [0.1, 0.15) is 0 Å². The van der Waals surface area contributed by atoms with Gasteiger partial charge < -0.3 is 0 Å². The van der Waals surface area contributed by atoms with Crippen molar-refractivity contribution in [1.82, 2.24) is 9.78 Å². The van der Waals surface area contributed by atoms with Crippen LogP contribution in [0.25, 0.3) is 0 Å². The Hall–Kier alpha value is -0.790. The minimum atomic E-state index is 1.04. The molecule has 1 rings (SSSR count). The first kappa shape index (κ1) is 22.5. The van der Waals surface area contributed by atoms with Crippen molar-refractivity contribution in [2.45, 2.75) is 106 Å². The largest absolute Gasteiger partial charge is 0.273 e. The fourth-order valence-corrected chi connectivity index (χ4v) is 2.03. The fraction of sp³-hybridized carbons (Fsp3) is 0.842. The summed E-state index contributed by atoms with van der Waals surface area (Å²) in [5, 5.41) is 4.12. The maximum Gasteiger partial charge on any atom is 0.0518 e. The van der Waals surface area contributed by atoms with E-state index in [0.717, 1.165) is 13.0 Å². The second-order valence-electron chi connectivity index (χ2n) is 5.40. The van der Waals surface area contributed by atoms with Crippen LogP contribution in [0.15, 0.2) is 12.4 Å². The highest BCUT2D eigenvalue weighted by Crippen LogP contribution is 2.07.